The molecule has 4 unspecified atom stereocenters. The summed E-state index contributed by atoms with van der Waals surface area (Å²) < 4.78 is 0. The van der Waals surface area contributed by atoms with Gasteiger partial charge in [0.2, 0.25) is 17.7 Å². The molecule has 210 valence electrons. The minimum atomic E-state index is -1.57. The predicted molar refractivity (Wildman–Crippen MR) is 143 cm³/mol. The van der Waals surface area contributed by atoms with Crippen molar-refractivity contribution in [3.63, 3.8) is 0 Å². The number of aliphatic carboxylic acids is 2. The summed E-state index contributed by atoms with van der Waals surface area (Å²) in [6, 6.07) is 12.7. The van der Waals surface area contributed by atoms with Gasteiger partial charge in [0.15, 0.2) is 0 Å². The number of carbonyl (C=O) groups is 5. The van der Waals surface area contributed by atoms with E-state index >= 15 is 0 Å². The molecule has 39 heavy (non-hydrogen) atoms. The maximum atomic E-state index is 13.1. The standard InChI is InChI=1S/C28H36N4O7/c1-17(2)13-21(30-25(35)20(29)14-18-9-5-3-6-10-18)26(36)31-22(16-24(33)34)27(37)32-23(28(38)39)15-19-11-7-4-8-12-19/h3-12,17,20-23H,13-16,29H2,1-2H3,(H,30,35)(H,31,36)(H,32,37)(H,33,34)(H,38,39). The van der Waals surface area contributed by atoms with Crippen LogP contribution in [0.2, 0.25) is 0 Å². The number of hydrogen-bond acceptors (Lipinski definition) is 6. The molecule has 0 aliphatic rings. The van der Waals surface area contributed by atoms with Crippen molar-refractivity contribution in [2.75, 3.05) is 0 Å². The van der Waals surface area contributed by atoms with E-state index < -0.39 is 60.2 Å². The van der Waals surface area contributed by atoms with Crippen molar-refractivity contribution < 1.29 is 34.2 Å². The number of nitrogens with one attached hydrogen (secondary N) is 3. The first kappa shape index (κ1) is 31.0. The molecular weight excluding hydrogens is 504 g/mol. The lowest BCUT2D eigenvalue weighted by Gasteiger charge is -2.25. The van der Waals surface area contributed by atoms with Crippen LogP contribution in [0.1, 0.15) is 37.8 Å². The quantitative estimate of drug-likeness (QED) is 0.192. The first-order valence-corrected chi connectivity index (χ1v) is 12.6. The molecule has 0 fully saturated rings. The van der Waals surface area contributed by atoms with Crippen LogP contribution in [0.3, 0.4) is 0 Å². The summed E-state index contributed by atoms with van der Waals surface area (Å²) in [5.74, 6) is -5.05. The van der Waals surface area contributed by atoms with Gasteiger partial charge < -0.3 is 31.9 Å². The van der Waals surface area contributed by atoms with E-state index in [1.165, 1.54) is 0 Å². The van der Waals surface area contributed by atoms with Gasteiger partial charge in [-0.3, -0.25) is 19.2 Å². The zero-order valence-electron chi connectivity index (χ0n) is 22.0. The van der Waals surface area contributed by atoms with E-state index in [-0.39, 0.29) is 25.2 Å². The van der Waals surface area contributed by atoms with Crippen LogP contribution in [-0.2, 0) is 36.8 Å². The van der Waals surface area contributed by atoms with E-state index in [4.69, 9.17) is 5.73 Å². The molecule has 0 aromatic heterocycles. The van der Waals surface area contributed by atoms with Crippen LogP contribution in [0.5, 0.6) is 0 Å². The van der Waals surface area contributed by atoms with Crippen molar-refractivity contribution in [1.82, 2.24) is 16.0 Å². The zero-order chi connectivity index (χ0) is 28.9. The molecule has 0 aliphatic heterocycles. The molecule has 0 saturated carbocycles. The lowest BCUT2D eigenvalue weighted by atomic mass is 10.0. The molecule has 11 nitrogen and oxygen atoms in total. The summed E-state index contributed by atoms with van der Waals surface area (Å²) in [7, 11) is 0. The Kier molecular flexibility index (Phi) is 12.1. The molecule has 2 aromatic rings. The molecule has 0 spiro atoms. The van der Waals surface area contributed by atoms with Crippen molar-refractivity contribution in [3.8, 4) is 0 Å². The number of carbonyl (C=O) groups excluding carboxylic acids is 3. The highest BCUT2D eigenvalue weighted by Crippen LogP contribution is 2.09. The second-order valence-corrected chi connectivity index (χ2v) is 9.74. The maximum Gasteiger partial charge on any atom is 0.326 e. The Labute approximate surface area is 227 Å². The molecule has 0 saturated heterocycles. The number of carboxylic acid groups (broad SMARTS) is 2. The van der Waals surface area contributed by atoms with Crippen LogP contribution in [0.25, 0.3) is 0 Å². The third-order valence-electron chi connectivity index (χ3n) is 5.88. The fraction of sp³-hybridized carbons (Fsp3) is 0.393. The highest BCUT2D eigenvalue weighted by molar-refractivity contribution is 5.95. The van der Waals surface area contributed by atoms with E-state index in [9.17, 15) is 34.2 Å². The first-order chi connectivity index (χ1) is 18.5. The van der Waals surface area contributed by atoms with Gasteiger partial charge in [-0.15, -0.1) is 0 Å². The van der Waals surface area contributed by atoms with Gasteiger partial charge in [-0.25, -0.2) is 4.79 Å². The van der Waals surface area contributed by atoms with Gasteiger partial charge in [-0.1, -0.05) is 74.5 Å². The van der Waals surface area contributed by atoms with Crippen molar-refractivity contribution in [1.29, 1.82) is 0 Å². The van der Waals surface area contributed by atoms with Crippen LogP contribution in [0.4, 0.5) is 0 Å². The van der Waals surface area contributed by atoms with E-state index in [0.717, 1.165) is 5.56 Å². The smallest absolute Gasteiger partial charge is 0.326 e. The predicted octanol–water partition coefficient (Wildman–Crippen LogP) is 0.859. The molecular formula is C28H36N4O7. The Morgan fingerprint density at radius 1 is 0.692 bits per heavy atom. The molecule has 3 amide bonds. The van der Waals surface area contributed by atoms with Gasteiger partial charge in [0.05, 0.1) is 12.5 Å². The largest absolute Gasteiger partial charge is 0.481 e. The lowest BCUT2D eigenvalue weighted by molar-refractivity contribution is -0.143. The van der Waals surface area contributed by atoms with E-state index in [2.05, 4.69) is 16.0 Å². The summed E-state index contributed by atoms with van der Waals surface area (Å²) in [6.07, 6.45) is -0.389. The average molecular weight is 541 g/mol. The molecule has 7 N–H and O–H groups in total. The summed E-state index contributed by atoms with van der Waals surface area (Å²) in [5, 5.41) is 26.2. The number of rotatable bonds is 15. The topological polar surface area (TPSA) is 188 Å². The molecule has 2 aromatic carbocycles. The minimum absolute atomic E-state index is 0.0407. The van der Waals surface area contributed by atoms with Crippen molar-refractivity contribution in [2.24, 2.45) is 11.7 Å². The molecule has 11 heteroatoms. The Morgan fingerprint density at radius 3 is 1.64 bits per heavy atom. The van der Waals surface area contributed by atoms with Crippen molar-refractivity contribution >= 4 is 29.7 Å². The third-order valence-corrected chi connectivity index (χ3v) is 5.88. The molecule has 0 heterocycles. The van der Waals surface area contributed by atoms with Crippen molar-refractivity contribution in [2.45, 2.75) is 63.7 Å². The van der Waals surface area contributed by atoms with E-state index in [1.807, 2.05) is 44.2 Å². The monoisotopic (exact) mass is 540 g/mol. The van der Waals surface area contributed by atoms with Crippen LogP contribution in [0.15, 0.2) is 60.7 Å². The van der Waals surface area contributed by atoms with Crippen LogP contribution >= 0.6 is 0 Å². The molecule has 2 rings (SSSR count). The van der Waals surface area contributed by atoms with Gasteiger partial charge in [-0.2, -0.15) is 0 Å². The van der Waals surface area contributed by atoms with Gasteiger partial charge in [0, 0.05) is 6.42 Å². The first-order valence-electron chi connectivity index (χ1n) is 12.6. The molecule has 0 aliphatic carbocycles. The summed E-state index contributed by atoms with van der Waals surface area (Å²) in [5.41, 5.74) is 7.54. The Balaban J connectivity index is 2.12. The maximum absolute atomic E-state index is 13.1. The van der Waals surface area contributed by atoms with Crippen molar-refractivity contribution in [3.05, 3.63) is 71.8 Å². The fourth-order valence-electron chi connectivity index (χ4n) is 3.92. The number of hydrogen-bond donors (Lipinski definition) is 6. The molecule has 0 radical (unpaired) electrons. The number of benzene rings is 2. The summed E-state index contributed by atoms with van der Waals surface area (Å²) in [4.78, 5) is 62.1. The number of nitrogens with two attached hydrogens (primary N) is 1. The highest BCUT2D eigenvalue weighted by atomic mass is 16.4. The summed E-state index contributed by atoms with van der Waals surface area (Å²) >= 11 is 0. The van der Waals surface area contributed by atoms with Gasteiger partial charge in [-0.05, 0) is 29.9 Å². The molecule has 0 bridgehead atoms. The van der Waals surface area contributed by atoms with Crippen LogP contribution < -0.4 is 21.7 Å². The van der Waals surface area contributed by atoms with E-state index in [1.54, 1.807) is 30.3 Å². The molecule has 4 atom stereocenters. The van der Waals surface area contributed by atoms with Crippen LogP contribution in [-0.4, -0.2) is 64.0 Å². The second kappa shape index (κ2) is 15.2. The lowest BCUT2D eigenvalue weighted by Crippen LogP contribution is -2.58. The second-order valence-electron chi connectivity index (χ2n) is 9.74. The highest BCUT2D eigenvalue weighted by Gasteiger charge is 2.32. The zero-order valence-corrected chi connectivity index (χ0v) is 22.0. The average Bonchev–Trinajstić information content (AvgIpc) is 2.88. The Hall–Kier alpha value is -4.25. The minimum Gasteiger partial charge on any atom is -0.481 e. The van der Waals surface area contributed by atoms with Gasteiger partial charge >= 0.3 is 11.9 Å². The number of carboxylic acids is 2. The SMILES string of the molecule is CC(C)CC(NC(=O)C(N)Cc1ccccc1)C(=O)NC(CC(=O)O)C(=O)NC(Cc1ccccc1)C(=O)O. The summed E-state index contributed by atoms with van der Waals surface area (Å²) in [6.45, 7) is 3.66. The normalized spacial score (nSPS) is 13.9. The Bertz CT molecular complexity index is 1130. The van der Waals surface area contributed by atoms with Crippen LogP contribution in [0, 0.1) is 5.92 Å². The Morgan fingerprint density at radius 2 is 1.15 bits per heavy atom. The van der Waals surface area contributed by atoms with E-state index in [0.29, 0.717) is 5.56 Å². The number of amides is 3. The third kappa shape index (κ3) is 10.9. The van der Waals surface area contributed by atoms with Gasteiger partial charge in [0.25, 0.3) is 0 Å². The van der Waals surface area contributed by atoms with Gasteiger partial charge in [0.1, 0.15) is 18.1 Å². The fourth-order valence-corrected chi connectivity index (χ4v) is 3.92.